The van der Waals surface area contributed by atoms with Gasteiger partial charge in [0.25, 0.3) is 0 Å². The number of Topliss-reactive ketones (excluding diaryl/α,β-unsaturated/α-hetero) is 1. The zero-order valence-corrected chi connectivity index (χ0v) is 41.4. The number of ketones is 1. The maximum Gasteiger partial charge on any atom is 0.309 e. The third-order valence-electron chi connectivity index (χ3n) is 13.5. The number of halogens is 2. The number of ether oxygens (including phenoxy) is 2. The number of alkyl halides is 1. The Morgan fingerprint density at radius 1 is 0.567 bits per heavy atom. The number of carbonyl (C=O) groups excluding carboxylic acids is 2. The number of hydrogen-bond acceptors (Lipinski definition) is 10. The molecular formula is C55H78Cl2N4O6. The van der Waals surface area contributed by atoms with Crippen molar-refractivity contribution >= 4 is 35.8 Å². The van der Waals surface area contributed by atoms with Gasteiger partial charge in [0, 0.05) is 96.0 Å². The van der Waals surface area contributed by atoms with Crippen molar-refractivity contribution in [3.8, 4) is 0 Å². The van der Waals surface area contributed by atoms with Crippen LogP contribution in [0.25, 0.3) is 0 Å². The molecule has 0 atom stereocenters. The summed E-state index contributed by atoms with van der Waals surface area (Å²) in [5, 5.41) is 17.7. The predicted octanol–water partition coefficient (Wildman–Crippen LogP) is 8.81. The molecule has 67 heavy (non-hydrogen) atoms. The van der Waals surface area contributed by atoms with Crippen molar-refractivity contribution in [3.05, 3.63) is 144 Å². The molecule has 10 nitrogen and oxygen atoms in total. The Morgan fingerprint density at radius 2 is 0.896 bits per heavy atom. The molecule has 4 aromatic carbocycles. The van der Waals surface area contributed by atoms with Crippen LogP contribution in [0.4, 0.5) is 0 Å². The van der Waals surface area contributed by atoms with Crippen molar-refractivity contribution in [1.82, 2.24) is 9.80 Å². The lowest BCUT2D eigenvalue weighted by molar-refractivity contribution is -0.152. The number of nitrogens with two attached hydrogens (primary N) is 2. The highest BCUT2D eigenvalue weighted by molar-refractivity contribution is 6.18. The lowest BCUT2D eigenvalue weighted by Gasteiger charge is -2.43. The first-order chi connectivity index (χ1) is 32.1. The van der Waals surface area contributed by atoms with E-state index in [-0.39, 0.29) is 30.1 Å². The Bertz CT molecular complexity index is 1800. The van der Waals surface area contributed by atoms with Crippen LogP contribution in [0.15, 0.2) is 121 Å². The Kier molecular flexibility index (Phi) is 25.6. The van der Waals surface area contributed by atoms with Crippen LogP contribution in [-0.2, 0) is 45.2 Å². The normalized spacial score (nSPS) is 24.5. The highest BCUT2D eigenvalue weighted by Crippen LogP contribution is 2.35. The molecule has 0 amide bonds. The van der Waals surface area contributed by atoms with Crippen LogP contribution in [0.2, 0.25) is 0 Å². The van der Waals surface area contributed by atoms with E-state index in [2.05, 4.69) is 136 Å². The highest BCUT2D eigenvalue weighted by atomic mass is 35.5. The summed E-state index contributed by atoms with van der Waals surface area (Å²) in [6.07, 6.45) is 9.85. The average molecular weight is 962 g/mol. The summed E-state index contributed by atoms with van der Waals surface area (Å²) >= 11 is 5.51. The van der Waals surface area contributed by atoms with Crippen LogP contribution >= 0.6 is 24.0 Å². The van der Waals surface area contributed by atoms with Gasteiger partial charge in [-0.15, -0.1) is 24.0 Å². The second-order valence-electron chi connectivity index (χ2n) is 19.1. The molecule has 4 aromatic rings. The fourth-order valence-corrected chi connectivity index (χ4v) is 9.34. The quantitative estimate of drug-likeness (QED) is 0.0634. The molecule has 5 aliphatic carbocycles. The molecule has 5 saturated carbocycles. The average Bonchev–Trinajstić information content (AvgIpc) is 3.28. The monoisotopic (exact) mass is 961 g/mol. The summed E-state index contributed by atoms with van der Waals surface area (Å²) in [6, 6.07) is 45.0. The van der Waals surface area contributed by atoms with Gasteiger partial charge in [-0.3, -0.25) is 19.4 Å². The molecule has 6 N–H and O–H groups in total. The van der Waals surface area contributed by atoms with Crippen molar-refractivity contribution in [2.45, 2.75) is 115 Å². The Labute approximate surface area is 412 Å². The van der Waals surface area contributed by atoms with E-state index in [4.69, 9.17) is 32.9 Å². The van der Waals surface area contributed by atoms with Gasteiger partial charge in [-0.2, -0.15) is 0 Å². The molecule has 12 heteroatoms. The van der Waals surface area contributed by atoms with Gasteiger partial charge in [-0.25, -0.2) is 0 Å². The van der Waals surface area contributed by atoms with E-state index in [0.717, 1.165) is 89.0 Å². The number of esters is 1. The molecule has 0 spiro atoms. The molecule has 9 rings (SSSR count). The van der Waals surface area contributed by atoms with Crippen LogP contribution in [0, 0.1) is 29.6 Å². The van der Waals surface area contributed by atoms with Gasteiger partial charge >= 0.3 is 5.97 Å². The van der Waals surface area contributed by atoms with Gasteiger partial charge in [0.2, 0.25) is 0 Å². The summed E-state index contributed by atoms with van der Waals surface area (Å²) in [5.41, 5.74) is 16.4. The predicted molar refractivity (Wildman–Crippen MR) is 272 cm³/mol. The topological polar surface area (TPSA) is 152 Å². The first kappa shape index (κ1) is 55.9. The molecule has 5 fully saturated rings. The number of rotatable bonds is 16. The first-order valence-electron chi connectivity index (χ1n) is 24.1. The molecule has 0 aliphatic heterocycles. The maximum absolute atomic E-state index is 10.6. The smallest absolute Gasteiger partial charge is 0.309 e. The largest absolute Gasteiger partial charge is 0.469 e. The minimum absolute atomic E-state index is 0. The Morgan fingerprint density at radius 3 is 1.15 bits per heavy atom. The third-order valence-corrected chi connectivity index (χ3v) is 14.0. The zero-order valence-electron chi connectivity index (χ0n) is 39.8. The summed E-state index contributed by atoms with van der Waals surface area (Å²) in [5.74, 6) is 3.07. The molecule has 0 heterocycles. The van der Waals surface area contributed by atoms with E-state index >= 15 is 0 Å². The number of aliphatic hydroxyl groups excluding tert-OH is 2. The van der Waals surface area contributed by atoms with Crippen LogP contribution in [0.1, 0.15) is 86.5 Å². The van der Waals surface area contributed by atoms with Crippen molar-refractivity contribution in [2.24, 2.45) is 41.1 Å². The SMILES string of the molecule is COC(=O)C1CC(=O)C1.COCC1CC(N(Cc2ccccc2)Cc2ccccc2)C1.Cl.NC1CC(CCl)C1.NC1CC(CO)C1.OCC1CC(N(Cc2ccccc2)Cc2ccccc2)C1. The second kappa shape index (κ2) is 30.7. The lowest BCUT2D eigenvalue weighted by atomic mass is 9.79. The Balaban J connectivity index is 0.000000199. The molecule has 0 unspecified atom stereocenters. The number of aliphatic hydroxyl groups is 2. The van der Waals surface area contributed by atoms with Crippen LogP contribution in [0.5, 0.6) is 0 Å². The third kappa shape index (κ3) is 19.7. The molecule has 5 aliphatic rings. The number of hydrogen-bond donors (Lipinski definition) is 4. The van der Waals surface area contributed by atoms with E-state index in [1.165, 1.54) is 42.2 Å². The number of methoxy groups -OCH3 is 2. The molecule has 0 radical (unpaired) electrons. The van der Waals surface area contributed by atoms with Gasteiger partial charge in [-0.05, 0) is 97.3 Å². The lowest BCUT2D eigenvalue weighted by Crippen LogP contribution is -2.45. The van der Waals surface area contributed by atoms with Crippen LogP contribution in [0.3, 0.4) is 0 Å². The van der Waals surface area contributed by atoms with Crippen molar-refractivity contribution < 1.29 is 29.3 Å². The van der Waals surface area contributed by atoms with Crippen molar-refractivity contribution in [3.63, 3.8) is 0 Å². The van der Waals surface area contributed by atoms with E-state index in [9.17, 15) is 14.7 Å². The maximum atomic E-state index is 10.6. The van der Waals surface area contributed by atoms with E-state index in [1.807, 2.05) is 0 Å². The molecule has 0 aromatic heterocycles. The number of benzene rings is 4. The van der Waals surface area contributed by atoms with Gasteiger partial charge in [0.15, 0.2) is 0 Å². The second-order valence-corrected chi connectivity index (χ2v) is 19.4. The van der Waals surface area contributed by atoms with Gasteiger partial charge in [-0.1, -0.05) is 121 Å². The molecular weight excluding hydrogens is 884 g/mol. The summed E-state index contributed by atoms with van der Waals surface area (Å²) in [7, 11) is 3.14. The fourth-order valence-electron chi connectivity index (χ4n) is 9.09. The summed E-state index contributed by atoms with van der Waals surface area (Å²) < 4.78 is 9.70. The molecule has 0 saturated heterocycles. The fraction of sp³-hybridized carbons (Fsp3) is 0.527. The Hall–Kier alpha value is -3.68. The van der Waals surface area contributed by atoms with E-state index in [1.54, 1.807) is 7.11 Å². The van der Waals surface area contributed by atoms with Gasteiger partial charge in [0.1, 0.15) is 5.78 Å². The minimum Gasteiger partial charge on any atom is -0.469 e. The van der Waals surface area contributed by atoms with Crippen LogP contribution in [-0.4, -0.2) is 95.9 Å². The number of nitrogens with zero attached hydrogens (tertiary/aromatic N) is 2. The molecule has 0 bridgehead atoms. The van der Waals surface area contributed by atoms with Gasteiger partial charge in [0.05, 0.1) is 13.0 Å². The van der Waals surface area contributed by atoms with Gasteiger partial charge < -0.3 is 31.2 Å². The summed E-state index contributed by atoms with van der Waals surface area (Å²) in [4.78, 5) is 26.1. The molecule has 368 valence electrons. The summed E-state index contributed by atoms with van der Waals surface area (Å²) in [6.45, 7) is 5.59. The first-order valence-corrected chi connectivity index (χ1v) is 24.6. The van der Waals surface area contributed by atoms with E-state index < -0.39 is 0 Å². The van der Waals surface area contributed by atoms with Crippen LogP contribution < -0.4 is 11.5 Å². The standard InChI is InChI=1S/C20H25NO.C19H23NO.C6H8O3.C5H10ClN.C5H11NO.ClH/c1-22-16-19-12-20(13-19)21(14-17-8-4-2-5-9-17)15-18-10-6-3-7-11-18;21-15-18-11-19(12-18)20(13-16-7-3-1-4-8-16)14-17-9-5-2-6-10-17;1-9-6(8)4-2-5(7)3-4;6-3-4-1-5(7)2-4;6-5-1-4(2-5)3-7;/h2-11,19-20H,12-16H2,1H3;1-10,18-19,21H,11-15H2;4H,2-3H2,1H3;4-5H,1-3,7H2;4-5,7H,1-3,6H2;1H. The highest BCUT2D eigenvalue weighted by Gasteiger charge is 2.35. The van der Waals surface area contributed by atoms with Crippen molar-refractivity contribution in [1.29, 1.82) is 0 Å². The minimum atomic E-state index is -0.255. The zero-order chi connectivity index (χ0) is 47.1. The number of carbonyl (C=O) groups is 2. The van der Waals surface area contributed by atoms with E-state index in [0.29, 0.717) is 62.1 Å². The van der Waals surface area contributed by atoms with Crippen molar-refractivity contribution in [2.75, 3.05) is 39.9 Å².